The van der Waals surface area contributed by atoms with Gasteiger partial charge in [0.05, 0.1) is 12.3 Å². The molecule has 4 nitrogen and oxygen atoms in total. The van der Waals surface area contributed by atoms with E-state index in [4.69, 9.17) is 11.2 Å². The molecule has 0 radical (unpaired) electrons. The molecule has 2 aromatic rings. The third-order valence-electron chi connectivity index (χ3n) is 2.63. The first-order chi connectivity index (χ1) is 9.65. The Morgan fingerprint density at radius 3 is 2.95 bits per heavy atom. The number of nitrogens with zero attached hydrogens (tertiary/aromatic N) is 2. The predicted octanol–water partition coefficient (Wildman–Crippen LogP) is 2.50. The van der Waals surface area contributed by atoms with E-state index in [1.54, 1.807) is 25.1 Å². The molecule has 1 aromatic heterocycles. The summed E-state index contributed by atoms with van der Waals surface area (Å²) in [5.74, 6) is 1.55. The molecule has 1 heterocycles. The van der Waals surface area contributed by atoms with E-state index in [0.29, 0.717) is 11.3 Å². The number of rotatable bonds is 4. The molecule has 1 aromatic carbocycles. The lowest BCUT2D eigenvalue weighted by molar-refractivity contribution is 0.0518. The Kier molecular flexibility index (Phi) is 4.16. The van der Waals surface area contributed by atoms with Crippen molar-refractivity contribution in [3.8, 4) is 23.6 Å². The third kappa shape index (κ3) is 2.86. The lowest BCUT2D eigenvalue weighted by Crippen LogP contribution is -2.07. The maximum atomic E-state index is 13.3. The van der Waals surface area contributed by atoms with Crippen LogP contribution in [-0.2, 0) is 11.3 Å². The normalized spacial score (nSPS) is 10.1. The maximum absolute atomic E-state index is 13.3. The molecule has 0 fully saturated rings. The molecule has 0 aliphatic rings. The molecule has 0 unspecified atom stereocenters. The van der Waals surface area contributed by atoms with Gasteiger partial charge in [0, 0.05) is 5.56 Å². The molecule has 5 heteroatoms. The summed E-state index contributed by atoms with van der Waals surface area (Å²) in [4.78, 5) is 11.7. The van der Waals surface area contributed by atoms with Gasteiger partial charge >= 0.3 is 5.97 Å². The van der Waals surface area contributed by atoms with Gasteiger partial charge in [0.15, 0.2) is 5.69 Å². The van der Waals surface area contributed by atoms with Crippen molar-refractivity contribution in [2.24, 2.45) is 0 Å². The first-order valence-corrected chi connectivity index (χ1v) is 6.10. The molecule has 0 saturated carbocycles. The molecule has 0 N–H and O–H groups in total. The van der Waals surface area contributed by atoms with Gasteiger partial charge in [-0.05, 0) is 25.1 Å². The van der Waals surface area contributed by atoms with Crippen molar-refractivity contribution in [1.29, 1.82) is 0 Å². The van der Waals surface area contributed by atoms with Gasteiger partial charge in [0.2, 0.25) is 0 Å². The fourth-order valence-electron chi connectivity index (χ4n) is 1.81. The number of halogens is 1. The number of terminal acetylenes is 1. The number of carbonyl (C=O) groups is 1. The fraction of sp³-hybridized carbons (Fsp3) is 0.200. The second-order valence-electron chi connectivity index (χ2n) is 4.01. The minimum atomic E-state index is -0.527. The predicted molar refractivity (Wildman–Crippen MR) is 72.4 cm³/mol. The summed E-state index contributed by atoms with van der Waals surface area (Å²) in [7, 11) is 0. The highest BCUT2D eigenvalue weighted by Gasteiger charge is 2.16. The first kappa shape index (κ1) is 13.8. The van der Waals surface area contributed by atoms with Crippen molar-refractivity contribution in [3.63, 3.8) is 0 Å². The molecule has 0 saturated heterocycles. The summed E-state index contributed by atoms with van der Waals surface area (Å²) in [5.41, 5.74) is 1.33. The van der Waals surface area contributed by atoms with Crippen LogP contribution in [0.25, 0.3) is 11.3 Å². The second-order valence-corrected chi connectivity index (χ2v) is 4.01. The third-order valence-corrected chi connectivity index (χ3v) is 2.63. The van der Waals surface area contributed by atoms with Crippen molar-refractivity contribution < 1.29 is 13.9 Å². The molecule has 0 aliphatic carbocycles. The summed E-state index contributed by atoms with van der Waals surface area (Å²) in [6.45, 7) is 2.16. The van der Waals surface area contributed by atoms with Crippen LogP contribution in [0.1, 0.15) is 17.4 Å². The van der Waals surface area contributed by atoms with Crippen LogP contribution in [-0.4, -0.2) is 22.4 Å². The Morgan fingerprint density at radius 1 is 1.50 bits per heavy atom. The van der Waals surface area contributed by atoms with Crippen LogP contribution >= 0.6 is 0 Å². The van der Waals surface area contributed by atoms with E-state index in [0.717, 1.165) is 0 Å². The fourth-order valence-corrected chi connectivity index (χ4v) is 1.81. The Labute approximate surface area is 116 Å². The minimum absolute atomic E-state index is 0.154. The Balaban J connectivity index is 2.46. The van der Waals surface area contributed by atoms with Gasteiger partial charge in [-0.25, -0.2) is 9.18 Å². The van der Waals surface area contributed by atoms with Gasteiger partial charge in [0.25, 0.3) is 0 Å². The quantitative estimate of drug-likeness (QED) is 0.634. The molecular formula is C15H13FN2O2. The number of esters is 1. The minimum Gasteiger partial charge on any atom is -0.461 e. The van der Waals surface area contributed by atoms with Crippen molar-refractivity contribution in [3.05, 3.63) is 41.8 Å². The van der Waals surface area contributed by atoms with Crippen molar-refractivity contribution in [2.45, 2.75) is 13.5 Å². The Hall–Kier alpha value is -2.61. The number of carbonyl (C=O) groups excluding carboxylic acids is 1. The average Bonchev–Trinajstić information content (AvgIpc) is 2.84. The summed E-state index contributed by atoms with van der Waals surface area (Å²) in [6.07, 6.45) is 5.28. The zero-order chi connectivity index (χ0) is 14.5. The average molecular weight is 272 g/mol. The van der Waals surface area contributed by atoms with Gasteiger partial charge in [-0.1, -0.05) is 18.1 Å². The molecule has 20 heavy (non-hydrogen) atoms. The number of hydrogen-bond acceptors (Lipinski definition) is 3. The van der Waals surface area contributed by atoms with Crippen molar-refractivity contribution in [2.75, 3.05) is 6.61 Å². The highest BCUT2D eigenvalue weighted by Crippen LogP contribution is 2.21. The van der Waals surface area contributed by atoms with E-state index in [1.807, 2.05) is 0 Å². The molecule has 2 rings (SSSR count). The van der Waals surface area contributed by atoms with Crippen molar-refractivity contribution >= 4 is 5.97 Å². The smallest absolute Gasteiger partial charge is 0.358 e. The summed E-state index contributed by atoms with van der Waals surface area (Å²) < 4.78 is 19.7. The second kappa shape index (κ2) is 6.02. The Bertz CT molecular complexity index is 671. The van der Waals surface area contributed by atoms with Crippen LogP contribution in [0, 0.1) is 18.2 Å². The number of aromatic nitrogens is 2. The lowest BCUT2D eigenvalue weighted by atomic mass is 10.1. The molecule has 0 aliphatic heterocycles. The largest absolute Gasteiger partial charge is 0.461 e. The highest BCUT2D eigenvalue weighted by atomic mass is 19.1. The van der Waals surface area contributed by atoms with Gasteiger partial charge in [-0.15, -0.1) is 6.42 Å². The SMILES string of the molecule is C#CCn1nc(C(=O)OCC)cc1-c1cccc(F)c1. The van der Waals surface area contributed by atoms with Crippen molar-refractivity contribution in [1.82, 2.24) is 9.78 Å². The molecule has 0 amide bonds. The summed E-state index contributed by atoms with van der Waals surface area (Å²) >= 11 is 0. The molecule has 0 bridgehead atoms. The van der Waals surface area contributed by atoms with E-state index in [1.165, 1.54) is 16.8 Å². The van der Waals surface area contributed by atoms with Gasteiger partial charge < -0.3 is 4.74 Å². The molecule has 0 atom stereocenters. The van der Waals surface area contributed by atoms with E-state index >= 15 is 0 Å². The van der Waals surface area contributed by atoms with E-state index < -0.39 is 5.97 Å². The lowest BCUT2D eigenvalue weighted by Gasteiger charge is -2.03. The van der Waals surface area contributed by atoms with Crippen LogP contribution in [0.5, 0.6) is 0 Å². The topological polar surface area (TPSA) is 44.1 Å². The molecule has 0 spiro atoms. The zero-order valence-electron chi connectivity index (χ0n) is 11.0. The van der Waals surface area contributed by atoms with Crippen LogP contribution in [0.2, 0.25) is 0 Å². The van der Waals surface area contributed by atoms with Crippen LogP contribution < -0.4 is 0 Å². The number of benzene rings is 1. The van der Waals surface area contributed by atoms with Gasteiger partial charge in [-0.2, -0.15) is 5.10 Å². The standard InChI is InChI=1S/C15H13FN2O2/c1-3-8-18-14(11-6-5-7-12(16)9-11)10-13(17-18)15(19)20-4-2/h1,5-7,9-10H,4,8H2,2H3. The van der Waals surface area contributed by atoms with E-state index in [-0.39, 0.29) is 24.7 Å². The maximum Gasteiger partial charge on any atom is 0.358 e. The van der Waals surface area contributed by atoms with E-state index in [2.05, 4.69) is 11.0 Å². The van der Waals surface area contributed by atoms with Gasteiger partial charge in [0.1, 0.15) is 12.4 Å². The zero-order valence-corrected chi connectivity index (χ0v) is 11.0. The Morgan fingerprint density at radius 2 is 2.30 bits per heavy atom. The first-order valence-electron chi connectivity index (χ1n) is 6.10. The van der Waals surface area contributed by atoms with Crippen LogP contribution in [0.4, 0.5) is 4.39 Å². The van der Waals surface area contributed by atoms with Crippen LogP contribution in [0.3, 0.4) is 0 Å². The van der Waals surface area contributed by atoms with Gasteiger partial charge in [-0.3, -0.25) is 4.68 Å². The van der Waals surface area contributed by atoms with Crippen LogP contribution in [0.15, 0.2) is 30.3 Å². The summed E-state index contributed by atoms with van der Waals surface area (Å²) in [5, 5.41) is 4.10. The number of ether oxygens (including phenoxy) is 1. The summed E-state index contributed by atoms with van der Waals surface area (Å²) in [6, 6.07) is 7.56. The monoisotopic (exact) mass is 272 g/mol. The number of hydrogen-bond donors (Lipinski definition) is 0. The van der Waals surface area contributed by atoms with E-state index in [9.17, 15) is 9.18 Å². The molecular weight excluding hydrogens is 259 g/mol. The highest BCUT2D eigenvalue weighted by molar-refractivity contribution is 5.88. The molecule has 102 valence electrons.